The summed E-state index contributed by atoms with van der Waals surface area (Å²) in [5.41, 5.74) is 7.96. The number of fused-ring (bicyclic) bond motifs is 1. The van der Waals surface area contributed by atoms with Crippen LogP contribution in [0.4, 0.5) is 5.82 Å². The molecule has 7 nitrogen and oxygen atoms in total. The maximum atomic E-state index is 13.1. The van der Waals surface area contributed by atoms with Gasteiger partial charge in [-0.3, -0.25) is 9.69 Å². The van der Waals surface area contributed by atoms with Gasteiger partial charge in [-0.15, -0.1) is 0 Å². The van der Waals surface area contributed by atoms with Crippen molar-refractivity contribution in [1.29, 1.82) is 0 Å². The third-order valence-electron chi connectivity index (χ3n) is 5.43. The lowest BCUT2D eigenvalue weighted by Gasteiger charge is -2.29. The number of carbonyl (C=O) groups excluding carboxylic acids is 1. The minimum atomic E-state index is -0.476. The predicted molar refractivity (Wildman–Crippen MR) is 102 cm³/mol. The average molecular weight is 367 g/mol. The summed E-state index contributed by atoms with van der Waals surface area (Å²) in [5.74, 6) is 1.25. The van der Waals surface area contributed by atoms with Crippen molar-refractivity contribution < 1.29 is 9.53 Å². The van der Waals surface area contributed by atoms with Crippen molar-refractivity contribution in [2.45, 2.75) is 31.5 Å². The van der Waals surface area contributed by atoms with E-state index in [1.165, 1.54) is 5.56 Å². The van der Waals surface area contributed by atoms with Crippen molar-refractivity contribution in [2.24, 2.45) is 0 Å². The van der Waals surface area contributed by atoms with Gasteiger partial charge < -0.3 is 15.4 Å². The maximum Gasteiger partial charge on any atom is 0.256 e. The number of ether oxygens (including phenoxy) is 1. The molecule has 4 rings (SSSR count). The molecule has 2 aliphatic rings. The lowest BCUT2D eigenvalue weighted by atomic mass is 9.97. The average Bonchev–Trinajstić information content (AvgIpc) is 3.17. The van der Waals surface area contributed by atoms with E-state index in [0.717, 1.165) is 24.9 Å². The molecule has 27 heavy (non-hydrogen) atoms. The summed E-state index contributed by atoms with van der Waals surface area (Å²) in [5, 5.41) is 0. The molecule has 1 fully saturated rings. The fourth-order valence-corrected chi connectivity index (χ4v) is 3.91. The second-order valence-corrected chi connectivity index (χ2v) is 7.24. The van der Waals surface area contributed by atoms with Gasteiger partial charge in [0, 0.05) is 25.3 Å². The highest BCUT2D eigenvalue weighted by Crippen LogP contribution is 2.30. The summed E-state index contributed by atoms with van der Waals surface area (Å²) in [4.78, 5) is 25.7. The molecular weight excluding hydrogens is 342 g/mol. The molecule has 2 aromatic rings. The van der Waals surface area contributed by atoms with E-state index in [2.05, 4.69) is 20.9 Å². The number of nitrogen functional groups attached to an aromatic ring is 1. The number of amides is 1. The van der Waals surface area contributed by atoms with E-state index < -0.39 is 6.10 Å². The van der Waals surface area contributed by atoms with Gasteiger partial charge in [0.25, 0.3) is 5.91 Å². The Morgan fingerprint density at radius 3 is 3.07 bits per heavy atom. The van der Waals surface area contributed by atoms with E-state index in [1.54, 1.807) is 12.3 Å². The number of likely N-dealkylation sites (tertiary alicyclic amines) is 1. The Morgan fingerprint density at radius 2 is 2.22 bits per heavy atom. The number of carbonyl (C=O) groups is 1. The topological polar surface area (TPSA) is 84.6 Å². The van der Waals surface area contributed by atoms with Crippen LogP contribution in [0.5, 0.6) is 0 Å². The van der Waals surface area contributed by atoms with E-state index in [9.17, 15) is 4.79 Å². The molecule has 0 spiro atoms. The maximum absolute atomic E-state index is 13.1. The van der Waals surface area contributed by atoms with E-state index >= 15 is 0 Å². The second kappa shape index (κ2) is 7.62. The smallest absolute Gasteiger partial charge is 0.256 e. The summed E-state index contributed by atoms with van der Waals surface area (Å²) < 4.78 is 5.84. The van der Waals surface area contributed by atoms with Gasteiger partial charge in [-0.1, -0.05) is 24.3 Å². The van der Waals surface area contributed by atoms with Crippen LogP contribution in [0.3, 0.4) is 0 Å². The third-order valence-corrected chi connectivity index (χ3v) is 5.43. The first-order valence-electron chi connectivity index (χ1n) is 9.37. The van der Waals surface area contributed by atoms with Gasteiger partial charge in [0.1, 0.15) is 11.6 Å². The zero-order valence-corrected chi connectivity index (χ0v) is 15.5. The third kappa shape index (κ3) is 3.79. The summed E-state index contributed by atoms with van der Waals surface area (Å²) >= 11 is 0. The first-order valence-corrected chi connectivity index (χ1v) is 9.37. The molecule has 2 N–H and O–H groups in total. The van der Waals surface area contributed by atoms with Crippen molar-refractivity contribution in [3.05, 3.63) is 53.5 Å². The molecule has 0 radical (unpaired) electrons. The molecule has 1 aromatic heterocycles. The molecule has 0 unspecified atom stereocenters. The normalized spacial score (nSPS) is 22.1. The van der Waals surface area contributed by atoms with Crippen LogP contribution >= 0.6 is 0 Å². The molecule has 1 aromatic carbocycles. The number of hydrogen-bond donors (Lipinski definition) is 1. The molecule has 2 atom stereocenters. The fourth-order valence-electron chi connectivity index (χ4n) is 3.91. The summed E-state index contributed by atoms with van der Waals surface area (Å²) in [6.07, 6.45) is 2.99. The number of hydrogen-bond acceptors (Lipinski definition) is 6. The van der Waals surface area contributed by atoms with Gasteiger partial charge in [-0.2, -0.15) is 0 Å². The van der Waals surface area contributed by atoms with Crippen LogP contribution in [0, 0.1) is 0 Å². The Kier molecular flexibility index (Phi) is 5.05. The van der Waals surface area contributed by atoms with Crippen LogP contribution in [-0.2, 0) is 22.5 Å². The van der Waals surface area contributed by atoms with Crippen LogP contribution in [0.1, 0.15) is 29.5 Å². The van der Waals surface area contributed by atoms with Gasteiger partial charge in [0.05, 0.1) is 13.2 Å². The highest BCUT2D eigenvalue weighted by molar-refractivity contribution is 5.83. The number of benzene rings is 1. The van der Waals surface area contributed by atoms with Crippen LogP contribution in [-0.4, -0.2) is 58.5 Å². The summed E-state index contributed by atoms with van der Waals surface area (Å²) in [6.45, 7) is 2.64. The number of likely N-dealkylation sites (N-methyl/N-ethyl adjacent to an activating group) is 1. The van der Waals surface area contributed by atoms with Gasteiger partial charge >= 0.3 is 0 Å². The molecule has 1 amide bonds. The van der Waals surface area contributed by atoms with Crippen LogP contribution in [0.15, 0.2) is 36.5 Å². The van der Waals surface area contributed by atoms with Crippen LogP contribution in [0.25, 0.3) is 0 Å². The largest absolute Gasteiger partial charge is 0.384 e. The number of anilines is 1. The Labute approximate surface area is 159 Å². The Balaban J connectivity index is 1.40. The standard InChI is InChI=1S/C20H25N5O2/c1-24(13-18-22-9-6-17(21)23-18)15-7-10-25(12-15)20(26)19-16-5-3-2-4-14(16)8-11-27-19/h2-6,9,15,19H,7-8,10-13H2,1H3,(H2,21,22,23)/t15-,19-/m1/s1. The second-order valence-electron chi connectivity index (χ2n) is 7.24. The van der Waals surface area contributed by atoms with Crippen molar-refractivity contribution in [3.63, 3.8) is 0 Å². The van der Waals surface area contributed by atoms with Gasteiger partial charge in [0.15, 0.2) is 6.10 Å². The number of nitrogens with two attached hydrogens (primary N) is 1. The first-order chi connectivity index (χ1) is 13.1. The monoisotopic (exact) mass is 367 g/mol. The van der Waals surface area contributed by atoms with E-state index in [-0.39, 0.29) is 11.9 Å². The van der Waals surface area contributed by atoms with Crippen LogP contribution in [0.2, 0.25) is 0 Å². The molecule has 3 heterocycles. The van der Waals surface area contributed by atoms with Crippen molar-refractivity contribution in [1.82, 2.24) is 19.8 Å². The minimum absolute atomic E-state index is 0.0678. The number of rotatable bonds is 4. The molecule has 7 heteroatoms. The van der Waals surface area contributed by atoms with Crippen molar-refractivity contribution >= 4 is 11.7 Å². The fraction of sp³-hybridized carbons (Fsp3) is 0.450. The quantitative estimate of drug-likeness (QED) is 0.879. The van der Waals surface area contributed by atoms with E-state index in [0.29, 0.717) is 31.3 Å². The zero-order chi connectivity index (χ0) is 18.8. The lowest BCUT2D eigenvalue weighted by molar-refractivity contribution is -0.144. The molecule has 0 aliphatic carbocycles. The molecular formula is C20H25N5O2. The molecule has 142 valence electrons. The van der Waals surface area contributed by atoms with Crippen molar-refractivity contribution in [3.8, 4) is 0 Å². The van der Waals surface area contributed by atoms with Crippen LogP contribution < -0.4 is 5.73 Å². The van der Waals surface area contributed by atoms with Gasteiger partial charge in [-0.05, 0) is 37.1 Å². The zero-order valence-electron chi connectivity index (χ0n) is 15.5. The van der Waals surface area contributed by atoms with E-state index in [4.69, 9.17) is 10.5 Å². The highest BCUT2D eigenvalue weighted by atomic mass is 16.5. The molecule has 1 saturated heterocycles. The molecule has 2 aliphatic heterocycles. The molecule has 0 saturated carbocycles. The summed E-state index contributed by atoms with van der Waals surface area (Å²) in [6, 6.07) is 10.0. The van der Waals surface area contributed by atoms with Gasteiger partial charge in [0.2, 0.25) is 0 Å². The number of aromatic nitrogens is 2. The van der Waals surface area contributed by atoms with Crippen molar-refractivity contribution in [2.75, 3.05) is 32.5 Å². The SMILES string of the molecule is CN(Cc1nccc(N)n1)[C@@H]1CCN(C(=O)[C@@H]2OCCc3ccccc32)C1. The Bertz CT molecular complexity index is 828. The summed E-state index contributed by atoms with van der Waals surface area (Å²) in [7, 11) is 2.04. The minimum Gasteiger partial charge on any atom is -0.384 e. The Morgan fingerprint density at radius 1 is 1.37 bits per heavy atom. The highest BCUT2D eigenvalue weighted by Gasteiger charge is 2.35. The first kappa shape index (κ1) is 17.9. The Hall–Kier alpha value is -2.51. The van der Waals surface area contributed by atoms with Gasteiger partial charge in [-0.25, -0.2) is 9.97 Å². The lowest BCUT2D eigenvalue weighted by Crippen LogP contribution is -2.39. The van der Waals surface area contributed by atoms with E-state index in [1.807, 2.05) is 30.1 Å². The predicted octanol–water partition coefficient (Wildman–Crippen LogP) is 1.41. The molecule has 0 bridgehead atoms. The number of nitrogens with zero attached hydrogens (tertiary/aromatic N) is 4.